The first-order valence-corrected chi connectivity index (χ1v) is 9.65. The van der Waals surface area contributed by atoms with Crippen molar-refractivity contribution < 1.29 is 24.6 Å². The van der Waals surface area contributed by atoms with Gasteiger partial charge in [0.2, 0.25) is 0 Å². The van der Waals surface area contributed by atoms with Gasteiger partial charge in [-0.3, -0.25) is 14.5 Å². The molecule has 6 heteroatoms. The lowest BCUT2D eigenvalue weighted by molar-refractivity contribution is -0.132. The van der Waals surface area contributed by atoms with Gasteiger partial charge in [0, 0.05) is 11.3 Å². The van der Waals surface area contributed by atoms with E-state index < -0.39 is 23.7 Å². The Balaban J connectivity index is 1.94. The van der Waals surface area contributed by atoms with E-state index >= 15 is 0 Å². The van der Waals surface area contributed by atoms with Crippen molar-refractivity contribution >= 4 is 29.1 Å². The predicted molar refractivity (Wildman–Crippen MR) is 116 cm³/mol. The molecule has 0 saturated carbocycles. The summed E-state index contributed by atoms with van der Waals surface area (Å²) in [5, 5.41) is 20.4. The van der Waals surface area contributed by atoms with Crippen LogP contribution >= 0.6 is 0 Å². The Morgan fingerprint density at radius 2 is 1.52 bits per heavy atom. The van der Waals surface area contributed by atoms with Gasteiger partial charge in [-0.2, -0.15) is 0 Å². The molecule has 0 spiro atoms. The largest absolute Gasteiger partial charge is 0.507 e. The highest BCUT2D eigenvalue weighted by atomic mass is 16.4. The lowest BCUT2D eigenvalue weighted by atomic mass is 9.95. The molecule has 1 atom stereocenters. The lowest BCUT2D eigenvalue weighted by Gasteiger charge is -2.25. The van der Waals surface area contributed by atoms with Gasteiger partial charge in [-0.15, -0.1) is 0 Å². The normalized spacial score (nSPS) is 17.7. The van der Waals surface area contributed by atoms with Gasteiger partial charge < -0.3 is 10.2 Å². The Morgan fingerprint density at radius 1 is 0.839 bits per heavy atom. The number of aliphatic hydroxyl groups excluding tert-OH is 1. The van der Waals surface area contributed by atoms with Crippen molar-refractivity contribution in [3.63, 3.8) is 0 Å². The molecule has 1 saturated heterocycles. The van der Waals surface area contributed by atoms with E-state index in [2.05, 4.69) is 0 Å². The highest BCUT2D eigenvalue weighted by Gasteiger charge is 2.47. The third kappa shape index (κ3) is 3.59. The number of Topliss-reactive ketones (excluding diaryl/α,β-unsaturated/α-hetero) is 1. The molecule has 0 radical (unpaired) electrons. The molecule has 4 rings (SSSR count). The van der Waals surface area contributed by atoms with Crippen LogP contribution in [0, 0.1) is 6.92 Å². The number of carboxylic acid groups (broad SMARTS) is 1. The quantitative estimate of drug-likeness (QED) is 0.377. The third-order valence-electron chi connectivity index (χ3n) is 5.26. The van der Waals surface area contributed by atoms with Crippen LogP contribution in [0.1, 0.15) is 33.1 Å². The van der Waals surface area contributed by atoms with E-state index in [0.717, 1.165) is 5.56 Å². The molecule has 1 heterocycles. The molecular formula is C25H19NO5. The molecule has 2 N–H and O–H groups in total. The molecule has 154 valence electrons. The number of ketones is 1. The molecular weight excluding hydrogens is 394 g/mol. The van der Waals surface area contributed by atoms with Crippen LogP contribution in [0.4, 0.5) is 5.69 Å². The van der Waals surface area contributed by atoms with Gasteiger partial charge in [-0.05, 0) is 30.7 Å². The summed E-state index contributed by atoms with van der Waals surface area (Å²) in [5.41, 5.74) is 2.24. The molecule has 6 nitrogen and oxygen atoms in total. The number of aliphatic hydroxyl groups is 1. The van der Waals surface area contributed by atoms with Crippen molar-refractivity contribution in [3.05, 3.63) is 107 Å². The summed E-state index contributed by atoms with van der Waals surface area (Å²) in [4.78, 5) is 38.8. The van der Waals surface area contributed by atoms with E-state index in [0.29, 0.717) is 11.1 Å². The average molecular weight is 413 g/mol. The SMILES string of the molecule is Cc1ccc(/C(O)=C2\C(=O)C(=O)N(c3cccc(C(=O)O)c3)[C@@H]2c2ccccc2)cc1. The van der Waals surface area contributed by atoms with Crippen LogP contribution in [-0.2, 0) is 9.59 Å². The molecule has 0 bridgehead atoms. The van der Waals surface area contributed by atoms with Crippen molar-refractivity contribution in [2.75, 3.05) is 4.90 Å². The maximum atomic E-state index is 13.1. The Hall–Kier alpha value is -4.19. The van der Waals surface area contributed by atoms with E-state index in [1.54, 1.807) is 60.7 Å². The summed E-state index contributed by atoms with van der Waals surface area (Å²) >= 11 is 0. The summed E-state index contributed by atoms with van der Waals surface area (Å²) in [7, 11) is 0. The number of carbonyl (C=O) groups excluding carboxylic acids is 2. The third-order valence-corrected chi connectivity index (χ3v) is 5.26. The molecule has 31 heavy (non-hydrogen) atoms. The number of aromatic carboxylic acids is 1. The van der Waals surface area contributed by atoms with Crippen LogP contribution in [0.2, 0.25) is 0 Å². The minimum atomic E-state index is -1.14. The zero-order valence-electron chi connectivity index (χ0n) is 16.6. The fourth-order valence-electron chi connectivity index (χ4n) is 3.71. The van der Waals surface area contributed by atoms with Gasteiger partial charge in [-0.1, -0.05) is 66.2 Å². The second-order valence-corrected chi connectivity index (χ2v) is 7.30. The van der Waals surface area contributed by atoms with E-state index in [-0.39, 0.29) is 22.6 Å². The fraction of sp³-hybridized carbons (Fsp3) is 0.0800. The van der Waals surface area contributed by atoms with Crippen molar-refractivity contribution in [2.45, 2.75) is 13.0 Å². The van der Waals surface area contributed by atoms with Crippen molar-refractivity contribution in [2.24, 2.45) is 0 Å². The highest BCUT2D eigenvalue weighted by molar-refractivity contribution is 6.51. The number of carboxylic acids is 1. The number of anilines is 1. The molecule has 0 aliphatic carbocycles. The highest BCUT2D eigenvalue weighted by Crippen LogP contribution is 2.42. The number of benzene rings is 3. The summed E-state index contributed by atoms with van der Waals surface area (Å²) in [6, 6.07) is 20.8. The Kier molecular flexibility index (Phi) is 5.13. The number of amides is 1. The van der Waals surface area contributed by atoms with Crippen LogP contribution in [0.15, 0.2) is 84.4 Å². The predicted octanol–water partition coefficient (Wildman–Crippen LogP) is 4.32. The van der Waals surface area contributed by atoms with Gasteiger partial charge in [0.1, 0.15) is 5.76 Å². The molecule has 1 fully saturated rings. The molecule has 1 aliphatic rings. The zero-order chi connectivity index (χ0) is 22.1. The van der Waals surface area contributed by atoms with Crippen LogP contribution in [0.5, 0.6) is 0 Å². The van der Waals surface area contributed by atoms with Crippen molar-refractivity contribution in [1.29, 1.82) is 0 Å². The second kappa shape index (κ2) is 7.91. The maximum absolute atomic E-state index is 13.1. The number of nitrogens with zero attached hydrogens (tertiary/aromatic N) is 1. The topological polar surface area (TPSA) is 94.9 Å². The fourth-order valence-corrected chi connectivity index (χ4v) is 3.71. The van der Waals surface area contributed by atoms with Gasteiger partial charge in [0.05, 0.1) is 17.2 Å². The average Bonchev–Trinajstić information content (AvgIpc) is 3.05. The monoisotopic (exact) mass is 413 g/mol. The van der Waals surface area contributed by atoms with Gasteiger partial charge in [0.15, 0.2) is 0 Å². The minimum Gasteiger partial charge on any atom is -0.507 e. The van der Waals surface area contributed by atoms with Gasteiger partial charge in [-0.25, -0.2) is 4.79 Å². The van der Waals surface area contributed by atoms with Crippen molar-refractivity contribution in [3.8, 4) is 0 Å². The molecule has 1 aliphatic heterocycles. The van der Waals surface area contributed by atoms with E-state index in [4.69, 9.17) is 0 Å². The lowest BCUT2D eigenvalue weighted by Crippen LogP contribution is -2.29. The van der Waals surface area contributed by atoms with Crippen LogP contribution < -0.4 is 4.90 Å². The van der Waals surface area contributed by atoms with Gasteiger partial charge >= 0.3 is 5.97 Å². The number of hydrogen-bond donors (Lipinski definition) is 2. The Labute approximate surface area is 178 Å². The number of hydrogen-bond acceptors (Lipinski definition) is 4. The Morgan fingerprint density at radius 3 is 2.16 bits per heavy atom. The number of aryl methyl sites for hydroxylation is 1. The Bertz CT molecular complexity index is 1210. The maximum Gasteiger partial charge on any atom is 0.335 e. The summed E-state index contributed by atoms with van der Waals surface area (Å²) in [6.45, 7) is 1.90. The van der Waals surface area contributed by atoms with Crippen LogP contribution in [0.3, 0.4) is 0 Å². The van der Waals surface area contributed by atoms with E-state index in [1.807, 2.05) is 6.92 Å². The first-order chi connectivity index (χ1) is 14.9. The van der Waals surface area contributed by atoms with Crippen molar-refractivity contribution in [1.82, 2.24) is 0 Å². The van der Waals surface area contributed by atoms with E-state index in [1.165, 1.54) is 23.1 Å². The first-order valence-electron chi connectivity index (χ1n) is 9.65. The van der Waals surface area contributed by atoms with E-state index in [9.17, 15) is 24.6 Å². The number of rotatable bonds is 4. The molecule has 3 aromatic rings. The summed E-state index contributed by atoms with van der Waals surface area (Å²) in [5.74, 6) is -3.07. The second-order valence-electron chi connectivity index (χ2n) is 7.30. The summed E-state index contributed by atoms with van der Waals surface area (Å²) in [6.07, 6.45) is 0. The molecule has 3 aromatic carbocycles. The van der Waals surface area contributed by atoms with Crippen LogP contribution in [-0.4, -0.2) is 27.9 Å². The first kappa shape index (κ1) is 20.1. The molecule has 0 unspecified atom stereocenters. The number of carbonyl (C=O) groups is 3. The minimum absolute atomic E-state index is 0.00949. The standard InChI is InChI=1S/C25H19NO5/c1-15-10-12-17(13-11-15)22(27)20-21(16-6-3-2-4-7-16)26(24(29)23(20)28)19-9-5-8-18(14-19)25(30)31/h2-14,21,27H,1H3,(H,30,31)/b22-20+/t21-/m1/s1. The molecule has 0 aromatic heterocycles. The summed E-state index contributed by atoms with van der Waals surface area (Å²) < 4.78 is 0. The smallest absolute Gasteiger partial charge is 0.335 e. The zero-order valence-corrected chi connectivity index (χ0v) is 16.6. The van der Waals surface area contributed by atoms with Gasteiger partial charge in [0.25, 0.3) is 11.7 Å². The van der Waals surface area contributed by atoms with Crippen LogP contribution in [0.25, 0.3) is 5.76 Å². The molecule has 1 amide bonds.